The number of benzene rings is 7. The Bertz CT molecular complexity index is 2830. The number of rotatable bonds is 3. The fraction of sp³-hybridized carbons (Fsp3) is 0. The number of para-hydroxylation sites is 1. The largest absolute Gasteiger partial charge is 0.456 e. The molecule has 0 radical (unpaired) electrons. The molecule has 0 fully saturated rings. The van der Waals surface area contributed by atoms with E-state index in [0.717, 1.165) is 65.5 Å². The third-order valence-electron chi connectivity index (χ3n) is 9.04. The molecule has 0 amide bonds. The number of hydrogen-bond acceptors (Lipinski definition) is 4. The van der Waals surface area contributed by atoms with Crippen LogP contribution in [0.25, 0.3) is 97.6 Å². The Morgan fingerprint density at radius 3 is 1.93 bits per heavy atom. The third-order valence-corrected chi connectivity index (χ3v) is 10.2. The minimum Gasteiger partial charge on any atom is -0.456 e. The van der Waals surface area contributed by atoms with E-state index in [9.17, 15) is 0 Å². The summed E-state index contributed by atoms with van der Waals surface area (Å²) in [7, 11) is 0. The molecule has 0 saturated carbocycles. The molecule has 0 atom stereocenters. The Labute approximate surface area is 268 Å². The van der Waals surface area contributed by atoms with Crippen LogP contribution in [-0.4, -0.2) is 9.97 Å². The quantitative estimate of drug-likeness (QED) is 0.201. The molecule has 0 aliphatic rings. The molecule has 0 saturated heterocycles. The van der Waals surface area contributed by atoms with Crippen LogP contribution in [-0.2, 0) is 0 Å². The number of furan rings is 1. The molecule has 4 heteroatoms. The molecule has 46 heavy (non-hydrogen) atoms. The minimum atomic E-state index is 0.693. The van der Waals surface area contributed by atoms with Crippen LogP contribution in [0.3, 0.4) is 0 Å². The molecule has 0 N–H and O–H groups in total. The lowest BCUT2D eigenvalue weighted by Crippen LogP contribution is -1.95. The molecule has 0 aliphatic heterocycles. The van der Waals surface area contributed by atoms with Crippen molar-refractivity contribution in [1.29, 1.82) is 0 Å². The van der Waals surface area contributed by atoms with Crippen LogP contribution in [0.4, 0.5) is 0 Å². The van der Waals surface area contributed by atoms with Gasteiger partial charge in [0, 0.05) is 32.0 Å². The molecule has 10 aromatic rings. The molecule has 0 unspecified atom stereocenters. The van der Waals surface area contributed by atoms with Gasteiger partial charge in [0.2, 0.25) is 0 Å². The van der Waals surface area contributed by atoms with Crippen LogP contribution < -0.4 is 0 Å². The molecular weight excluding hydrogens is 581 g/mol. The highest BCUT2D eigenvalue weighted by atomic mass is 32.1. The maximum atomic E-state index is 6.52. The van der Waals surface area contributed by atoms with Gasteiger partial charge in [-0.2, -0.15) is 0 Å². The number of fused-ring (bicyclic) bond motifs is 8. The van der Waals surface area contributed by atoms with Gasteiger partial charge in [0.1, 0.15) is 11.2 Å². The molecule has 0 bridgehead atoms. The van der Waals surface area contributed by atoms with Gasteiger partial charge in [0.05, 0.1) is 15.9 Å². The molecule has 3 aromatic heterocycles. The fourth-order valence-corrected chi connectivity index (χ4v) is 7.96. The van der Waals surface area contributed by atoms with Gasteiger partial charge in [0.15, 0.2) is 5.82 Å². The van der Waals surface area contributed by atoms with Crippen LogP contribution in [0.2, 0.25) is 0 Å². The van der Waals surface area contributed by atoms with Crippen molar-refractivity contribution in [3.05, 3.63) is 146 Å². The zero-order valence-electron chi connectivity index (χ0n) is 24.6. The first-order chi connectivity index (χ1) is 22.8. The van der Waals surface area contributed by atoms with E-state index in [-0.39, 0.29) is 0 Å². The standard InChI is InChI=1S/C42H24N2OS/c1-3-11-27-21-29(19-17-25(27)9-1)31-23-34(38-32-13-5-7-15-35(32)45-36(38)24-31)42-43-39(30-20-18-26-10-2-4-12-28(26)22-30)41-40(44-42)33-14-6-8-16-37(33)46-41/h1-24H. The zero-order chi connectivity index (χ0) is 30.2. The number of thiophene rings is 1. The van der Waals surface area contributed by atoms with E-state index in [1.807, 2.05) is 12.1 Å². The van der Waals surface area contributed by atoms with E-state index in [1.54, 1.807) is 11.3 Å². The first-order valence-corrected chi connectivity index (χ1v) is 16.2. The summed E-state index contributed by atoms with van der Waals surface area (Å²) < 4.78 is 8.82. The van der Waals surface area contributed by atoms with Crippen molar-refractivity contribution < 1.29 is 4.42 Å². The predicted octanol–water partition coefficient (Wildman–Crippen LogP) is 12.1. The smallest absolute Gasteiger partial charge is 0.161 e. The maximum absolute atomic E-state index is 6.52. The lowest BCUT2D eigenvalue weighted by atomic mass is 9.96. The lowest BCUT2D eigenvalue weighted by molar-refractivity contribution is 0.669. The van der Waals surface area contributed by atoms with Crippen molar-refractivity contribution in [2.75, 3.05) is 0 Å². The average molecular weight is 605 g/mol. The first-order valence-electron chi connectivity index (χ1n) is 15.4. The molecular formula is C42H24N2OS. The highest BCUT2D eigenvalue weighted by molar-refractivity contribution is 7.26. The molecule has 10 rings (SSSR count). The van der Waals surface area contributed by atoms with Gasteiger partial charge in [-0.3, -0.25) is 0 Å². The summed E-state index contributed by atoms with van der Waals surface area (Å²) in [6.45, 7) is 0. The number of aromatic nitrogens is 2. The zero-order valence-corrected chi connectivity index (χ0v) is 25.4. The monoisotopic (exact) mass is 604 g/mol. The van der Waals surface area contributed by atoms with Crippen LogP contribution in [0.15, 0.2) is 150 Å². The summed E-state index contributed by atoms with van der Waals surface area (Å²) in [5.41, 5.74) is 7.84. The lowest BCUT2D eigenvalue weighted by Gasteiger charge is -2.11. The summed E-state index contributed by atoms with van der Waals surface area (Å²) in [5.74, 6) is 0.693. The van der Waals surface area contributed by atoms with Crippen LogP contribution in [0, 0.1) is 0 Å². The van der Waals surface area contributed by atoms with Gasteiger partial charge >= 0.3 is 0 Å². The Hall–Kier alpha value is -5.84. The number of hydrogen-bond donors (Lipinski definition) is 0. The van der Waals surface area contributed by atoms with Crippen molar-refractivity contribution in [2.24, 2.45) is 0 Å². The summed E-state index contributed by atoms with van der Waals surface area (Å²) >= 11 is 1.76. The van der Waals surface area contributed by atoms with E-state index < -0.39 is 0 Å². The summed E-state index contributed by atoms with van der Waals surface area (Å²) in [4.78, 5) is 10.8. The van der Waals surface area contributed by atoms with E-state index in [2.05, 4.69) is 133 Å². The van der Waals surface area contributed by atoms with Gasteiger partial charge in [-0.25, -0.2) is 9.97 Å². The fourth-order valence-electron chi connectivity index (χ4n) is 6.81. The van der Waals surface area contributed by atoms with Crippen molar-refractivity contribution in [2.45, 2.75) is 0 Å². The normalized spacial score (nSPS) is 11.9. The molecule has 214 valence electrons. The maximum Gasteiger partial charge on any atom is 0.161 e. The molecule has 7 aromatic carbocycles. The Kier molecular flexibility index (Phi) is 5.45. The Morgan fingerprint density at radius 1 is 0.478 bits per heavy atom. The predicted molar refractivity (Wildman–Crippen MR) is 194 cm³/mol. The molecule has 3 nitrogen and oxygen atoms in total. The molecule has 3 heterocycles. The van der Waals surface area contributed by atoms with E-state index in [4.69, 9.17) is 14.4 Å². The van der Waals surface area contributed by atoms with Gasteiger partial charge in [-0.05, 0) is 69.1 Å². The summed E-state index contributed by atoms with van der Waals surface area (Å²) in [6.07, 6.45) is 0. The summed E-state index contributed by atoms with van der Waals surface area (Å²) in [5, 5.41) is 8.06. The third kappa shape index (κ3) is 3.91. The van der Waals surface area contributed by atoms with Crippen molar-refractivity contribution >= 4 is 75.1 Å². The second-order valence-corrected chi connectivity index (χ2v) is 12.8. The molecule has 0 spiro atoms. The van der Waals surface area contributed by atoms with Crippen LogP contribution in [0.5, 0.6) is 0 Å². The van der Waals surface area contributed by atoms with Crippen molar-refractivity contribution in [3.63, 3.8) is 0 Å². The highest BCUT2D eigenvalue weighted by Crippen LogP contribution is 2.43. The van der Waals surface area contributed by atoms with Gasteiger partial charge in [0.25, 0.3) is 0 Å². The van der Waals surface area contributed by atoms with Gasteiger partial charge in [-0.15, -0.1) is 11.3 Å². The topological polar surface area (TPSA) is 38.9 Å². The highest BCUT2D eigenvalue weighted by Gasteiger charge is 2.21. The van der Waals surface area contributed by atoms with E-state index >= 15 is 0 Å². The van der Waals surface area contributed by atoms with E-state index in [0.29, 0.717) is 5.82 Å². The second-order valence-electron chi connectivity index (χ2n) is 11.8. The van der Waals surface area contributed by atoms with Crippen molar-refractivity contribution in [1.82, 2.24) is 9.97 Å². The van der Waals surface area contributed by atoms with Gasteiger partial charge in [-0.1, -0.05) is 109 Å². The SMILES string of the molecule is c1ccc2cc(-c3cc(-c4nc(-c5ccc6ccccc6c5)c5sc6ccccc6c5n4)c4c(c3)oc3ccccc34)ccc2c1. The van der Waals surface area contributed by atoms with Crippen LogP contribution >= 0.6 is 11.3 Å². The van der Waals surface area contributed by atoms with Crippen molar-refractivity contribution in [3.8, 4) is 33.8 Å². The Balaban J connectivity index is 1.30. The second kappa shape index (κ2) is 9.83. The Morgan fingerprint density at radius 2 is 1.13 bits per heavy atom. The number of nitrogens with zero attached hydrogens (tertiary/aromatic N) is 2. The average Bonchev–Trinajstić information content (AvgIpc) is 3.69. The summed E-state index contributed by atoms with van der Waals surface area (Å²) in [6, 6.07) is 51.4. The first kappa shape index (κ1) is 25.5. The van der Waals surface area contributed by atoms with Crippen LogP contribution in [0.1, 0.15) is 0 Å². The van der Waals surface area contributed by atoms with E-state index in [1.165, 1.54) is 26.2 Å². The molecule has 0 aliphatic carbocycles. The minimum absolute atomic E-state index is 0.693. The van der Waals surface area contributed by atoms with Gasteiger partial charge < -0.3 is 4.42 Å².